The predicted octanol–water partition coefficient (Wildman–Crippen LogP) is 10.4. The van der Waals surface area contributed by atoms with Gasteiger partial charge in [0.1, 0.15) is 6.61 Å². The zero-order valence-corrected chi connectivity index (χ0v) is 29.7. The van der Waals surface area contributed by atoms with E-state index in [-0.39, 0.29) is 25.6 Å². The average Bonchev–Trinajstić information content (AvgIpc) is 3.05. The number of carbonyl (C=O) groups is 2. The van der Waals surface area contributed by atoms with Gasteiger partial charge in [-0.2, -0.15) is 0 Å². The molecule has 0 spiro atoms. The molecule has 0 aromatic carbocycles. The van der Waals surface area contributed by atoms with E-state index < -0.39 is 18.2 Å². The number of ether oxygens (including phenoxy) is 2. The normalized spacial score (nSPS) is 13.4. The minimum Gasteiger partial charge on any atom is -0.462 e. The maximum Gasteiger partial charge on any atom is 0.306 e. The number of carbonyl (C=O) groups excluding carboxylic acids is 2. The Bertz CT molecular complexity index is 800. The second-order valence-electron chi connectivity index (χ2n) is 12.5. The highest BCUT2D eigenvalue weighted by Gasteiger charge is 2.15. The van der Waals surface area contributed by atoms with Gasteiger partial charge in [0.15, 0.2) is 6.10 Å². The molecule has 0 aromatic heterocycles. The molecule has 0 saturated heterocycles. The van der Waals surface area contributed by atoms with Crippen molar-refractivity contribution in [1.29, 1.82) is 0 Å². The molecule has 2 N–H and O–H groups in total. The summed E-state index contributed by atoms with van der Waals surface area (Å²) in [6, 6.07) is 0. The summed E-state index contributed by atoms with van der Waals surface area (Å²) in [6.07, 6.45) is 40.5. The van der Waals surface area contributed by atoms with Crippen LogP contribution in [0.1, 0.15) is 168 Å². The van der Waals surface area contributed by atoms with Crippen LogP contribution in [0.25, 0.3) is 0 Å². The van der Waals surface area contributed by atoms with Crippen molar-refractivity contribution < 1.29 is 29.3 Å². The van der Waals surface area contributed by atoms with Gasteiger partial charge >= 0.3 is 11.9 Å². The maximum atomic E-state index is 12.1. The Kier molecular flexibility index (Phi) is 34.0. The van der Waals surface area contributed by atoms with Crippen molar-refractivity contribution in [1.82, 2.24) is 0 Å². The van der Waals surface area contributed by atoms with Crippen LogP contribution in [0.3, 0.4) is 0 Å². The molecule has 0 heterocycles. The summed E-state index contributed by atoms with van der Waals surface area (Å²) in [5.74, 6) is -0.695. The Morgan fingerprint density at radius 2 is 1.15 bits per heavy atom. The molecule has 0 unspecified atom stereocenters. The zero-order valence-electron chi connectivity index (χ0n) is 29.7. The van der Waals surface area contributed by atoms with E-state index in [9.17, 15) is 19.8 Å². The third-order valence-electron chi connectivity index (χ3n) is 7.96. The van der Waals surface area contributed by atoms with Gasteiger partial charge in [0.2, 0.25) is 0 Å². The standard InChI is InChI=1S/C40H70O6/c1-3-5-7-9-11-12-13-14-15-16-17-21-25-29-33-39(43)45-36-38(35-41)46-40(44)34-30-26-22-19-18-20-24-28-32-37(42)31-27-23-10-8-6-4-2/h19-20,22-24,27-28,32,37-38,41-42H,3-18,21,25-26,29-31,33-36H2,1-2H3/b22-19-,24-20-,27-23-,32-28+/t37-,38-/m0/s1. The first-order chi connectivity index (χ1) is 22.5. The van der Waals surface area contributed by atoms with Crippen LogP contribution in [0.15, 0.2) is 48.6 Å². The third kappa shape index (κ3) is 33.2. The smallest absolute Gasteiger partial charge is 0.306 e. The van der Waals surface area contributed by atoms with Crippen LogP contribution in [0.2, 0.25) is 0 Å². The van der Waals surface area contributed by atoms with E-state index in [0.29, 0.717) is 19.3 Å². The Morgan fingerprint density at radius 1 is 0.609 bits per heavy atom. The molecular weight excluding hydrogens is 576 g/mol. The van der Waals surface area contributed by atoms with Gasteiger partial charge in [-0.1, -0.05) is 159 Å². The number of aliphatic hydroxyl groups excluding tert-OH is 2. The lowest BCUT2D eigenvalue weighted by atomic mass is 10.0. The van der Waals surface area contributed by atoms with Gasteiger partial charge < -0.3 is 19.7 Å². The number of unbranched alkanes of at least 4 members (excludes halogenated alkanes) is 17. The van der Waals surface area contributed by atoms with Crippen molar-refractivity contribution in [2.24, 2.45) is 0 Å². The highest BCUT2D eigenvalue weighted by molar-refractivity contribution is 5.70. The zero-order chi connectivity index (χ0) is 33.8. The molecule has 0 rings (SSSR count). The number of aliphatic hydroxyl groups is 2. The summed E-state index contributed by atoms with van der Waals surface area (Å²) in [7, 11) is 0. The number of hydrogen-bond acceptors (Lipinski definition) is 6. The van der Waals surface area contributed by atoms with Crippen molar-refractivity contribution in [2.75, 3.05) is 13.2 Å². The summed E-state index contributed by atoms with van der Waals surface area (Å²) < 4.78 is 10.5. The number of hydrogen-bond donors (Lipinski definition) is 2. The Labute approximate surface area is 282 Å². The minimum atomic E-state index is -0.818. The summed E-state index contributed by atoms with van der Waals surface area (Å²) in [5, 5.41) is 19.5. The number of rotatable bonds is 33. The quantitative estimate of drug-likeness (QED) is 0.0319. The monoisotopic (exact) mass is 647 g/mol. The first kappa shape index (κ1) is 43.8. The highest BCUT2D eigenvalue weighted by Crippen LogP contribution is 2.14. The molecular formula is C40H70O6. The predicted molar refractivity (Wildman–Crippen MR) is 193 cm³/mol. The molecule has 0 aliphatic rings. The lowest BCUT2D eigenvalue weighted by Crippen LogP contribution is -2.28. The lowest BCUT2D eigenvalue weighted by molar-refractivity contribution is -0.161. The van der Waals surface area contributed by atoms with Gasteiger partial charge in [0.05, 0.1) is 12.7 Å². The number of allylic oxidation sites excluding steroid dienone is 6. The van der Waals surface area contributed by atoms with E-state index in [2.05, 4.69) is 19.9 Å². The van der Waals surface area contributed by atoms with Crippen LogP contribution >= 0.6 is 0 Å². The van der Waals surface area contributed by atoms with Crippen LogP contribution in [0, 0.1) is 0 Å². The second-order valence-corrected chi connectivity index (χ2v) is 12.5. The molecule has 0 amide bonds. The van der Waals surface area contributed by atoms with Gasteiger partial charge in [-0.05, 0) is 44.9 Å². The summed E-state index contributed by atoms with van der Waals surface area (Å²) in [6.45, 7) is 3.98. The molecule has 0 aliphatic carbocycles. The van der Waals surface area contributed by atoms with Gasteiger partial charge in [0, 0.05) is 12.8 Å². The van der Waals surface area contributed by atoms with Gasteiger partial charge in [-0.15, -0.1) is 0 Å². The van der Waals surface area contributed by atoms with Crippen LogP contribution in [0.4, 0.5) is 0 Å². The van der Waals surface area contributed by atoms with Crippen molar-refractivity contribution in [3.05, 3.63) is 48.6 Å². The third-order valence-corrected chi connectivity index (χ3v) is 7.96. The van der Waals surface area contributed by atoms with Gasteiger partial charge in [-0.25, -0.2) is 0 Å². The van der Waals surface area contributed by atoms with Crippen molar-refractivity contribution >= 4 is 11.9 Å². The molecule has 2 atom stereocenters. The van der Waals surface area contributed by atoms with Crippen LogP contribution < -0.4 is 0 Å². The average molecular weight is 647 g/mol. The minimum absolute atomic E-state index is 0.104. The van der Waals surface area contributed by atoms with Gasteiger partial charge in [-0.3, -0.25) is 9.59 Å². The summed E-state index contributed by atoms with van der Waals surface area (Å²) in [5.41, 5.74) is 0. The molecule has 0 radical (unpaired) electrons. The highest BCUT2D eigenvalue weighted by atomic mass is 16.6. The van der Waals surface area contributed by atoms with E-state index in [1.165, 1.54) is 89.9 Å². The first-order valence-electron chi connectivity index (χ1n) is 18.8. The Morgan fingerprint density at radius 3 is 1.78 bits per heavy atom. The fourth-order valence-electron chi connectivity index (χ4n) is 5.04. The molecule has 6 nitrogen and oxygen atoms in total. The summed E-state index contributed by atoms with van der Waals surface area (Å²) in [4.78, 5) is 24.2. The van der Waals surface area contributed by atoms with E-state index in [1.807, 2.05) is 36.5 Å². The molecule has 6 heteroatoms. The van der Waals surface area contributed by atoms with E-state index in [4.69, 9.17) is 9.47 Å². The van der Waals surface area contributed by atoms with Crippen LogP contribution in [0.5, 0.6) is 0 Å². The molecule has 0 aliphatic heterocycles. The maximum absolute atomic E-state index is 12.1. The SMILES string of the molecule is CCCCC/C=C\C[C@H](O)/C=C/C=C\C/C=C\CCCC(=O)O[C@@H](CO)COC(=O)CCCCCCCCCCCCCCCC. The lowest BCUT2D eigenvalue weighted by Gasteiger charge is -2.15. The molecule has 46 heavy (non-hydrogen) atoms. The van der Waals surface area contributed by atoms with E-state index in [1.54, 1.807) is 6.08 Å². The number of esters is 2. The van der Waals surface area contributed by atoms with Gasteiger partial charge in [0.25, 0.3) is 0 Å². The van der Waals surface area contributed by atoms with Crippen molar-refractivity contribution in [3.8, 4) is 0 Å². The fraction of sp³-hybridized carbons (Fsp3) is 0.750. The molecule has 0 bridgehead atoms. The van der Waals surface area contributed by atoms with Crippen LogP contribution in [-0.2, 0) is 19.1 Å². The topological polar surface area (TPSA) is 93.1 Å². The Hall–Kier alpha value is -2.18. The van der Waals surface area contributed by atoms with E-state index >= 15 is 0 Å². The first-order valence-corrected chi connectivity index (χ1v) is 18.8. The summed E-state index contributed by atoms with van der Waals surface area (Å²) >= 11 is 0. The van der Waals surface area contributed by atoms with Crippen LogP contribution in [-0.4, -0.2) is 47.6 Å². The fourth-order valence-corrected chi connectivity index (χ4v) is 5.04. The van der Waals surface area contributed by atoms with Crippen molar-refractivity contribution in [2.45, 2.75) is 180 Å². The molecule has 0 aromatic rings. The molecule has 266 valence electrons. The van der Waals surface area contributed by atoms with E-state index in [0.717, 1.165) is 38.5 Å². The van der Waals surface area contributed by atoms with Crippen molar-refractivity contribution in [3.63, 3.8) is 0 Å². The second kappa shape index (κ2) is 35.7. The molecule has 0 fully saturated rings. The largest absolute Gasteiger partial charge is 0.462 e. The Balaban J connectivity index is 3.74. The molecule has 0 saturated carbocycles.